The Kier molecular flexibility index (Phi) is 6.95. The maximum Gasteiger partial charge on any atom is 0.324 e. The molecule has 158 valence electrons. The van der Waals surface area contributed by atoms with Gasteiger partial charge in [0.1, 0.15) is 11.6 Å². The molecule has 0 aliphatic rings. The minimum atomic E-state index is -0.405. The molecule has 3 aromatic rings. The minimum Gasteiger partial charge on any atom is -0.490 e. The number of aryl methyl sites for hydroxylation is 1. The number of hydrogen-bond acceptors (Lipinski definition) is 3. The number of hydrogen-bond donors (Lipinski definition) is 2. The van der Waals surface area contributed by atoms with Crippen molar-refractivity contribution in [2.45, 2.75) is 33.8 Å². The first-order valence-electron chi connectivity index (χ1n) is 9.21. The molecule has 0 unspecified atom stereocenters. The smallest absolute Gasteiger partial charge is 0.324 e. The van der Waals surface area contributed by atoms with Crippen LogP contribution in [0.3, 0.4) is 0 Å². The third-order valence-corrected chi connectivity index (χ3v) is 5.69. The summed E-state index contributed by atoms with van der Waals surface area (Å²) in [4.78, 5) is 12.7. The molecule has 0 atom stereocenters. The first-order chi connectivity index (χ1) is 14.2. The van der Waals surface area contributed by atoms with Gasteiger partial charge in [0.2, 0.25) is 0 Å². The van der Waals surface area contributed by atoms with E-state index >= 15 is 0 Å². The highest BCUT2D eigenvalue weighted by Crippen LogP contribution is 2.30. The fourth-order valence-corrected chi connectivity index (χ4v) is 3.38. The van der Waals surface area contributed by atoms with Crippen LogP contribution in [0.25, 0.3) is 5.69 Å². The molecule has 3 rings (SSSR count). The van der Waals surface area contributed by atoms with E-state index in [1.165, 1.54) is 0 Å². The number of carbonyl (C=O) groups excluding carboxylic acids is 1. The number of nitrogens with one attached hydrogen (secondary N) is 2. The molecule has 2 amide bonds. The average Bonchev–Trinajstić information content (AvgIpc) is 2.94. The monoisotopic (exact) mass is 510 g/mol. The molecule has 0 aliphatic carbocycles. The van der Waals surface area contributed by atoms with Crippen LogP contribution in [0.5, 0.6) is 5.75 Å². The van der Waals surface area contributed by atoms with E-state index in [2.05, 4.69) is 31.7 Å². The lowest BCUT2D eigenvalue weighted by molar-refractivity contribution is 0.241. The van der Waals surface area contributed by atoms with Gasteiger partial charge in [0.05, 0.1) is 32.0 Å². The highest BCUT2D eigenvalue weighted by Gasteiger charge is 2.17. The van der Waals surface area contributed by atoms with Crippen LogP contribution in [0.1, 0.15) is 25.1 Å². The molecule has 30 heavy (non-hydrogen) atoms. The Morgan fingerprint density at radius 3 is 2.50 bits per heavy atom. The molecule has 0 bridgehead atoms. The number of benzene rings is 2. The fraction of sp³-hybridized carbons (Fsp3) is 0.238. The largest absolute Gasteiger partial charge is 0.490 e. The van der Waals surface area contributed by atoms with E-state index in [-0.39, 0.29) is 6.10 Å². The topological polar surface area (TPSA) is 68.2 Å². The quantitative estimate of drug-likeness (QED) is 0.387. The molecular weight excluding hydrogens is 491 g/mol. The van der Waals surface area contributed by atoms with Crippen LogP contribution in [-0.4, -0.2) is 21.9 Å². The van der Waals surface area contributed by atoms with Crippen molar-refractivity contribution in [2.75, 3.05) is 10.6 Å². The second kappa shape index (κ2) is 9.29. The van der Waals surface area contributed by atoms with Gasteiger partial charge in [-0.2, -0.15) is 5.10 Å². The maximum atomic E-state index is 12.7. The van der Waals surface area contributed by atoms with Crippen molar-refractivity contribution in [3.05, 3.63) is 62.2 Å². The molecule has 0 aliphatic heterocycles. The lowest BCUT2D eigenvalue weighted by atomic mass is 10.2. The van der Waals surface area contributed by atoms with Gasteiger partial charge in [-0.3, -0.25) is 5.32 Å². The molecule has 0 fully saturated rings. The average molecular weight is 512 g/mol. The van der Waals surface area contributed by atoms with Crippen LogP contribution in [-0.2, 0) is 0 Å². The number of anilines is 2. The van der Waals surface area contributed by atoms with Crippen molar-refractivity contribution in [3.63, 3.8) is 0 Å². The number of nitrogens with zero attached hydrogens (tertiary/aromatic N) is 2. The molecule has 6 nitrogen and oxygen atoms in total. The molecule has 0 saturated heterocycles. The van der Waals surface area contributed by atoms with Gasteiger partial charge in [-0.05, 0) is 74.0 Å². The lowest BCUT2D eigenvalue weighted by Crippen LogP contribution is -2.22. The SMILES string of the molecule is Cc1nn(-c2ccc(Cl)c(Cl)c2)c(NC(=O)Nc2ccc(Br)c(OC(C)C)c2)c1C. The normalized spacial score (nSPS) is 10.9. The zero-order chi connectivity index (χ0) is 22.0. The molecule has 2 N–H and O–H groups in total. The number of urea groups is 1. The molecule has 0 spiro atoms. The summed E-state index contributed by atoms with van der Waals surface area (Å²) < 4.78 is 8.19. The third kappa shape index (κ3) is 5.09. The summed E-state index contributed by atoms with van der Waals surface area (Å²) in [5, 5.41) is 11.1. The molecule has 1 heterocycles. The second-order valence-electron chi connectivity index (χ2n) is 6.96. The highest BCUT2D eigenvalue weighted by molar-refractivity contribution is 9.10. The minimum absolute atomic E-state index is 0.0107. The number of amides is 2. The van der Waals surface area contributed by atoms with E-state index < -0.39 is 6.03 Å². The van der Waals surface area contributed by atoms with Gasteiger partial charge in [0.25, 0.3) is 0 Å². The summed E-state index contributed by atoms with van der Waals surface area (Å²) in [6.07, 6.45) is 0.0107. The Morgan fingerprint density at radius 2 is 1.83 bits per heavy atom. The van der Waals surface area contributed by atoms with Gasteiger partial charge in [-0.15, -0.1) is 0 Å². The summed E-state index contributed by atoms with van der Waals surface area (Å²) in [7, 11) is 0. The summed E-state index contributed by atoms with van der Waals surface area (Å²) in [6.45, 7) is 7.64. The number of halogens is 3. The van der Waals surface area contributed by atoms with Crippen LogP contribution >= 0.6 is 39.1 Å². The van der Waals surface area contributed by atoms with Crippen LogP contribution in [0.2, 0.25) is 10.0 Å². The van der Waals surface area contributed by atoms with E-state index in [9.17, 15) is 4.79 Å². The van der Waals surface area contributed by atoms with Crippen molar-refractivity contribution in [1.82, 2.24) is 9.78 Å². The van der Waals surface area contributed by atoms with Crippen molar-refractivity contribution in [1.29, 1.82) is 0 Å². The molecule has 0 radical (unpaired) electrons. The first kappa shape index (κ1) is 22.5. The van der Waals surface area contributed by atoms with Crippen molar-refractivity contribution < 1.29 is 9.53 Å². The van der Waals surface area contributed by atoms with Gasteiger partial charge in [-0.1, -0.05) is 23.2 Å². The number of aromatic nitrogens is 2. The zero-order valence-corrected chi connectivity index (χ0v) is 20.0. The Morgan fingerprint density at radius 1 is 1.10 bits per heavy atom. The summed E-state index contributed by atoms with van der Waals surface area (Å²) in [5.41, 5.74) is 2.91. The number of carbonyl (C=O) groups is 1. The molecule has 1 aromatic heterocycles. The van der Waals surface area contributed by atoms with Gasteiger partial charge >= 0.3 is 6.03 Å². The lowest BCUT2D eigenvalue weighted by Gasteiger charge is -2.14. The van der Waals surface area contributed by atoms with Crippen molar-refractivity contribution in [3.8, 4) is 11.4 Å². The van der Waals surface area contributed by atoms with Crippen LogP contribution in [0.15, 0.2) is 40.9 Å². The van der Waals surface area contributed by atoms with Crippen LogP contribution in [0, 0.1) is 13.8 Å². The first-order valence-corrected chi connectivity index (χ1v) is 10.8. The zero-order valence-electron chi connectivity index (χ0n) is 16.9. The van der Waals surface area contributed by atoms with E-state index in [1.807, 2.05) is 33.8 Å². The van der Waals surface area contributed by atoms with Crippen molar-refractivity contribution in [2.24, 2.45) is 0 Å². The predicted octanol–water partition coefficient (Wildman–Crippen LogP) is 6.99. The second-order valence-corrected chi connectivity index (χ2v) is 8.63. The van der Waals surface area contributed by atoms with E-state index in [0.29, 0.717) is 33.0 Å². The van der Waals surface area contributed by atoms with E-state index in [0.717, 1.165) is 15.7 Å². The summed E-state index contributed by atoms with van der Waals surface area (Å²) in [6, 6.07) is 10.1. The van der Waals surface area contributed by atoms with E-state index in [4.69, 9.17) is 27.9 Å². The molecule has 0 saturated carbocycles. The predicted molar refractivity (Wildman–Crippen MR) is 126 cm³/mol. The third-order valence-electron chi connectivity index (χ3n) is 4.29. The fourth-order valence-electron chi connectivity index (χ4n) is 2.75. The standard InChI is InChI=1S/C21H21BrCl2N4O2/c1-11(2)30-19-9-14(5-7-16(19)22)25-21(29)26-20-12(3)13(4)27-28(20)15-6-8-17(23)18(24)10-15/h5-11H,1-4H3,(H2,25,26,29). The number of rotatable bonds is 5. The van der Waals surface area contributed by atoms with Gasteiger partial charge in [0, 0.05) is 17.3 Å². The number of ether oxygens (including phenoxy) is 1. The molecule has 2 aromatic carbocycles. The van der Waals surface area contributed by atoms with Crippen LogP contribution < -0.4 is 15.4 Å². The Hall–Kier alpha value is -2.22. The molecular formula is C21H21BrCl2N4O2. The Balaban J connectivity index is 1.85. The molecule has 9 heteroatoms. The van der Waals surface area contributed by atoms with Gasteiger partial charge < -0.3 is 10.1 Å². The Bertz CT molecular complexity index is 1100. The van der Waals surface area contributed by atoms with Crippen molar-refractivity contribution >= 4 is 56.7 Å². The van der Waals surface area contributed by atoms with Gasteiger partial charge in [0.15, 0.2) is 0 Å². The van der Waals surface area contributed by atoms with Gasteiger partial charge in [-0.25, -0.2) is 9.48 Å². The summed E-state index contributed by atoms with van der Waals surface area (Å²) >= 11 is 15.6. The van der Waals surface area contributed by atoms with E-state index in [1.54, 1.807) is 35.0 Å². The maximum absolute atomic E-state index is 12.7. The Labute approximate surface area is 193 Å². The highest BCUT2D eigenvalue weighted by atomic mass is 79.9. The van der Waals surface area contributed by atoms with Crippen LogP contribution in [0.4, 0.5) is 16.3 Å². The summed E-state index contributed by atoms with van der Waals surface area (Å²) in [5.74, 6) is 1.19.